The lowest BCUT2D eigenvalue weighted by Crippen LogP contribution is -2.38. The summed E-state index contributed by atoms with van der Waals surface area (Å²) < 4.78 is 14.6. The number of thioether (sulfide) groups is 1. The third-order valence-corrected chi connectivity index (χ3v) is 7.55. The van der Waals surface area contributed by atoms with Gasteiger partial charge >= 0.3 is 0 Å². The van der Waals surface area contributed by atoms with E-state index in [4.69, 9.17) is 9.47 Å². The molecule has 2 heterocycles. The minimum absolute atomic E-state index is 0.00891. The van der Waals surface area contributed by atoms with Crippen LogP contribution in [0.4, 0.5) is 5.69 Å². The molecule has 1 amide bonds. The van der Waals surface area contributed by atoms with E-state index in [1.807, 2.05) is 48.5 Å². The van der Waals surface area contributed by atoms with Crippen LogP contribution in [-0.4, -0.2) is 48.2 Å². The number of aliphatic hydroxyl groups excluding tert-OH is 1. The lowest BCUT2D eigenvalue weighted by Gasteiger charge is -2.41. The van der Waals surface area contributed by atoms with Crippen molar-refractivity contribution >= 4 is 23.4 Å². The summed E-state index contributed by atoms with van der Waals surface area (Å²) in [7, 11) is 0. The number of hydrogen-bond donors (Lipinski definition) is 3. The van der Waals surface area contributed by atoms with Crippen LogP contribution >= 0.6 is 11.8 Å². The van der Waals surface area contributed by atoms with Crippen molar-refractivity contribution in [2.75, 3.05) is 11.1 Å². The molecular formula is C28H29N5O5S. The van der Waals surface area contributed by atoms with Crippen LogP contribution in [0, 0.1) is 5.92 Å². The number of anilines is 1. The maximum Gasteiger partial charge on any atom is 0.221 e. The number of ether oxygens (including phenoxy) is 2. The molecule has 0 aliphatic carbocycles. The molecule has 0 spiro atoms. The Morgan fingerprint density at radius 2 is 1.69 bits per heavy atom. The van der Waals surface area contributed by atoms with Crippen LogP contribution in [0.25, 0.3) is 5.69 Å². The first-order chi connectivity index (χ1) is 18.9. The number of aromatic hydroxyl groups is 1. The van der Waals surface area contributed by atoms with Crippen LogP contribution in [-0.2, 0) is 20.9 Å². The first-order valence-corrected chi connectivity index (χ1v) is 13.5. The number of rotatable bonds is 8. The minimum atomic E-state index is -0.631. The highest BCUT2D eigenvalue weighted by Gasteiger charge is 2.38. The van der Waals surface area contributed by atoms with E-state index in [0.717, 1.165) is 22.4 Å². The van der Waals surface area contributed by atoms with E-state index >= 15 is 0 Å². The number of amides is 1. The third-order valence-electron chi connectivity index (χ3n) is 6.54. The number of carbonyl (C=O) groups excluding carboxylic acids is 1. The molecule has 0 saturated carbocycles. The Morgan fingerprint density at radius 3 is 2.36 bits per heavy atom. The molecule has 5 rings (SSSR count). The molecule has 11 heteroatoms. The van der Waals surface area contributed by atoms with Gasteiger partial charge in [0.1, 0.15) is 5.75 Å². The second kappa shape index (κ2) is 12.0. The van der Waals surface area contributed by atoms with Crippen LogP contribution in [0.2, 0.25) is 0 Å². The minimum Gasteiger partial charge on any atom is -0.508 e. The van der Waals surface area contributed by atoms with Gasteiger partial charge in [0.25, 0.3) is 0 Å². The van der Waals surface area contributed by atoms with E-state index < -0.39 is 6.29 Å². The first-order valence-electron chi connectivity index (χ1n) is 12.5. The van der Waals surface area contributed by atoms with E-state index in [1.165, 1.54) is 18.7 Å². The number of carbonyl (C=O) groups is 1. The summed E-state index contributed by atoms with van der Waals surface area (Å²) in [5.41, 5.74) is 4.08. The molecule has 202 valence electrons. The summed E-state index contributed by atoms with van der Waals surface area (Å²) in [5, 5.41) is 34.6. The smallest absolute Gasteiger partial charge is 0.221 e. The van der Waals surface area contributed by atoms with Crippen LogP contribution in [0.15, 0.2) is 78.0 Å². The Hall–Kier alpha value is -3.77. The predicted molar refractivity (Wildman–Crippen MR) is 145 cm³/mol. The monoisotopic (exact) mass is 547 g/mol. The number of aromatic nitrogens is 4. The first kappa shape index (κ1) is 26.8. The average molecular weight is 548 g/mol. The summed E-state index contributed by atoms with van der Waals surface area (Å²) in [6, 6.07) is 21.8. The fraction of sp³-hybridized carbons (Fsp3) is 0.286. The lowest BCUT2D eigenvalue weighted by molar-refractivity contribution is -0.268. The van der Waals surface area contributed by atoms with Gasteiger partial charge in [-0.1, -0.05) is 55.1 Å². The Bertz CT molecular complexity index is 1400. The van der Waals surface area contributed by atoms with Crippen molar-refractivity contribution < 1.29 is 24.5 Å². The number of phenolic OH excluding ortho intramolecular Hbond substituents is 1. The zero-order valence-corrected chi connectivity index (χ0v) is 22.3. The summed E-state index contributed by atoms with van der Waals surface area (Å²) in [6.45, 7) is 3.53. The van der Waals surface area contributed by atoms with E-state index in [9.17, 15) is 15.0 Å². The number of phenols is 1. The van der Waals surface area contributed by atoms with Crippen molar-refractivity contribution in [3.05, 3.63) is 89.5 Å². The molecule has 0 radical (unpaired) electrons. The standard InChI is InChI=1S/C28H29N5O5S/c1-17-25(16-39-28-30-31-32-33(28)23-11-13-24(36)14-12-23)37-27(21-7-9-22(10-8-21)29-18(2)35)38-26(17)20-5-3-19(15-34)4-6-20/h3-14,17,25-27,34,36H,15-16H2,1-2H3,(H,29,35)/t17-,25+,26+,27+/m1/s1. The molecule has 1 fully saturated rings. The molecule has 1 aliphatic rings. The molecule has 1 aliphatic heterocycles. The molecular weight excluding hydrogens is 518 g/mol. The fourth-order valence-corrected chi connectivity index (χ4v) is 5.47. The van der Waals surface area contributed by atoms with Gasteiger partial charge in [-0.2, -0.15) is 4.68 Å². The summed E-state index contributed by atoms with van der Waals surface area (Å²) in [4.78, 5) is 11.4. The predicted octanol–water partition coefficient (Wildman–Crippen LogP) is 4.40. The fourth-order valence-electron chi connectivity index (χ4n) is 4.42. The Balaban J connectivity index is 1.38. The maximum absolute atomic E-state index is 11.4. The third kappa shape index (κ3) is 6.28. The summed E-state index contributed by atoms with van der Waals surface area (Å²) in [6.07, 6.45) is -1.10. The van der Waals surface area contributed by atoms with Crippen molar-refractivity contribution in [1.82, 2.24) is 20.2 Å². The van der Waals surface area contributed by atoms with Crippen LogP contribution in [0.3, 0.4) is 0 Å². The van der Waals surface area contributed by atoms with Gasteiger partial charge in [-0.25, -0.2) is 0 Å². The average Bonchev–Trinajstić information content (AvgIpc) is 3.42. The molecule has 4 atom stereocenters. The molecule has 1 aromatic heterocycles. The van der Waals surface area contributed by atoms with Gasteiger partial charge in [-0.3, -0.25) is 4.79 Å². The zero-order chi connectivity index (χ0) is 27.4. The second-order valence-electron chi connectivity index (χ2n) is 9.33. The SMILES string of the molecule is CC(=O)Nc1ccc([C@H]2O[C@@H](CSc3nnnn3-c3ccc(O)cc3)[C@@H](C)[C@@H](c3ccc(CO)cc3)O2)cc1. The van der Waals surface area contributed by atoms with Crippen molar-refractivity contribution in [1.29, 1.82) is 0 Å². The number of nitrogens with one attached hydrogen (secondary N) is 1. The largest absolute Gasteiger partial charge is 0.508 e. The van der Waals surface area contributed by atoms with Gasteiger partial charge in [-0.05, 0) is 58.0 Å². The number of aliphatic hydroxyl groups is 1. The molecule has 39 heavy (non-hydrogen) atoms. The summed E-state index contributed by atoms with van der Waals surface area (Å²) >= 11 is 1.48. The highest BCUT2D eigenvalue weighted by Crippen LogP contribution is 2.43. The maximum atomic E-state index is 11.4. The molecule has 3 aromatic carbocycles. The van der Waals surface area contributed by atoms with Gasteiger partial charge in [-0.15, -0.1) is 5.10 Å². The van der Waals surface area contributed by atoms with Crippen molar-refractivity contribution in [2.45, 2.75) is 44.1 Å². The van der Waals surface area contributed by atoms with Crippen molar-refractivity contribution in [2.24, 2.45) is 5.92 Å². The van der Waals surface area contributed by atoms with Gasteiger partial charge in [0.15, 0.2) is 6.29 Å². The quantitative estimate of drug-likeness (QED) is 0.275. The van der Waals surface area contributed by atoms with Gasteiger partial charge in [0, 0.05) is 29.8 Å². The van der Waals surface area contributed by atoms with E-state index in [1.54, 1.807) is 28.9 Å². The zero-order valence-electron chi connectivity index (χ0n) is 21.5. The number of nitrogens with zero attached hydrogens (tertiary/aromatic N) is 4. The van der Waals surface area contributed by atoms with Gasteiger partial charge in [0.2, 0.25) is 11.1 Å². The molecule has 0 bridgehead atoms. The number of benzene rings is 3. The van der Waals surface area contributed by atoms with Gasteiger partial charge < -0.3 is 25.0 Å². The molecule has 0 unspecified atom stereocenters. The van der Waals surface area contributed by atoms with E-state index in [-0.39, 0.29) is 36.4 Å². The Labute approximate surface area is 230 Å². The highest BCUT2D eigenvalue weighted by atomic mass is 32.2. The number of hydrogen-bond acceptors (Lipinski definition) is 9. The van der Waals surface area contributed by atoms with Crippen LogP contribution in [0.5, 0.6) is 5.75 Å². The van der Waals surface area contributed by atoms with Gasteiger partial charge in [0.05, 0.1) is 24.5 Å². The lowest BCUT2D eigenvalue weighted by atomic mass is 9.91. The van der Waals surface area contributed by atoms with Crippen molar-refractivity contribution in [3.63, 3.8) is 0 Å². The molecule has 3 N–H and O–H groups in total. The van der Waals surface area contributed by atoms with Crippen LogP contribution in [0.1, 0.15) is 42.9 Å². The summed E-state index contributed by atoms with van der Waals surface area (Å²) in [5.74, 6) is 0.583. The Kier molecular flexibility index (Phi) is 8.22. The van der Waals surface area contributed by atoms with Crippen molar-refractivity contribution in [3.8, 4) is 11.4 Å². The second-order valence-corrected chi connectivity index (χ2v) is 10.3. The molecule has 4 aromatic rings. The molecule has 10 nitrogen and oxygen atoms in total. The normalized spacial score (nSPS) is 21.0. The van der Waals surface area contributed by atoms with E-state index in [2.05, 4.69) is 27.8 Å². The Morgan fingerprint density at radius 1 is 1.00 bits per heavy atom. The topological polar surface area (TPSA) is 132 Å². The van der Waals surface area contributed by atoms with E-state index in [0.29, 0.717) is 16.6 Å². The van der Waals surface area contributed by atoms with Crippen LogP contribution < -0.4 is 5.32 Å². The highest BCUT2D eigenvalue weighted by molar-refractivity contribution is 7.99. The number of tetrazole rings is 1. The molecule has 1 saturated heterocycles.